The van der Waals surface area contributed by atoms with Gasteiger partial charge in [0.1, 0.15) is 0 Å². The minimum absolute atomic E-state index is 0.0754. The molecule has 1 heterocycles. The van der Waals surface area contributed by atoms with Crippen molar-refractivity contribution in [2.24, 2.45) is 5.92 Å². The number of nitrogens with zero attached hydrogens (tertiary/aromatic N) is 1. The van der Waals surface area contributed by atoms with E-state index in [1.807, 2.05) is 4.90 Å². The summed E-state index contributed by atoms with van der Waals surface area (Å²) < 4.78 is 0. The Hall–Kier alpha value is -2.37. The third-order valence-corrected chi connectivity index (χ3v) is 5.16. The number of aromatic carboxylic acids is 1. The van der Waals surface area contributed by atoms with Crippen LogP contribution >= 0.6 is 0 Å². The molecule has 25 heavy (non-hydrogen) atoms. The average molecular weight is 344 g/mol. The van der Waals surface area contributed by atoms with Gasteiger partial charge in [-0.2, -0.15) is 0 Å². The van der Waals surface area contributed by atoms with Crippen LogP contribution in [0, 0.1) is 5.92 Å². The van der Waals surface area contributed by atoms with Crippen LogP contribution in [-0.2, 0) is 4.79 Å². The van der Waals surface area contributed by atoms with E-state index in [9.17, 15) is 14.4 Å². The van der Waals surface area contributed by atoms with Gasteiger partial charge in [-0.1, -0.05) is 25.3 Å². The SMILES string of the molecule is O=C(O)c1cccc(C(=O)N[C@H]2CCN(C(=O)C3CCCCC3)C2)c1. The molecule has 6 heteroatoms. The minimum atomic E-state index is -1.06. The van der Waals surface area contributed by atoms with Crippen molar-refractivity contribution in [1.82, 2.24) is 10.2 Å². The molecule has 3 rings (SSSR count). The molecule has 2 N–H and O–H groups in total. The lowest BCUT2D eigenvalue weighted by Crippen LogP contribution is -2.40. The van der Waals surface area contributed by atoms with Crippen molar-refractivity contribution < 1.29 is 19.5 Å². The molecule has 0 aromatic heterocycles. The van der Waals surface area contributed by atoms with Gasteiger partial charge in [-0.15, -0.1) is 0 Å². The van der Waals surface area contributed by atoms with Gasteiger partial charge in [0.25, 0.3) is 5.91 Å². The van der Waals surface area contributed by atoms with Crippen LogP contribution in [0.4, 0.5) is 0 Å². The zero-order valence-electron chi connectivity index (χ0n) is 14.2. The highest BCUT2D eigenvalue weighted by molar-refractivity contribution is 5.97. The fourth-order valence-corrected chi connectivity index (χ4v) is 3.75. The van der Waals surface area contributed by atoms with Crippen LogP contribution in [0.15, 0.2) is 24.3 Å². The molecule has 2 aliphatic rings. The molecule has 0 radical (unpaired) electrons. The summed E-state index contributed by atoms with van der Waals surface area (Å²) in [5.41, 5.74) is 0.421. The quantitative estimate of drug-likeness (QED) is 0.877. The van der Waals surface area contributed by atoms with Gasteiger partial charge in [-0.25, -0.2) is 4.79 Å². The fourth-order valence-electron chi connectivity index (χ4n) is 3.75. The predicted octanol–water partition coefficient (Wildman–Crippen LogP) is 2.30. The zero-order valence-corrected chi connectivity index (χ0v) is 14.2. The van der Waals surface area contributed by atoms with Crippen molar-refractivity contribution in [3.63, 3.8) is 0 Å². The normalized spacial score (nSPS) is 21.1. The van der Waals surface area contributed by atoms with E-state index in [2.05, 4.69) is 5.32 Å². The molecular formula is C19H24N2O4. The van der Waals surface area contributed by atoms with Crippen molar-refractivity contribution >= 4 is 17.8 Å². The number of carbonyl (C=O) groups excluding carboxylic acids is 2. The summed E-state index contributed by atoms with van der Waals surface area (Å²) in [5, 5.41) is 11.9. The third-order valence-electron chi connectivity index (χ3n) is 5.16. The van der Waals surface area contributed by atoms with E-state index in [0.29, 0.717) is 18.7 Å². The van der Waals surface area contributed by atoms with Crippen molar-refractivity contribution in [1.29, 1.82) is 0 Å². The molecule has 1 saturated carbocycles. The van der Waals surface area contributed by atoms with E-state index in [-0.39, 0.29) is 29.3 Å². The van der Waals surface area contributed by atoms with Gasteiger partial charge in [0.15, 0.2) is 0 Å². The van der Waals surface area contributed by atoms with Gasteiger partial charge in [0.2, 0.25) is 5.91 Å². The lowest BCUT2D eigenvalue weighted by atomic mass is 9.88. The van der Waals surface area contributed by atoms with Gasteiger partial charge in [0.05, 0.1) is 5.56 Å². The number of carboxylic acid groups (broad SMARTS) is 1. The lowest BCUT2D eigenvalue weighted by Gasteiger charge is -2.26. The molecule has 2 fully saturated rings. The van der Waals surface area contributed by atoms with Crippen LogP contribution in [0.2, 0.25) is 0 Å². The summed E-state index contributed by atoms with van der Waals surface area (Å²) in [5.74, 6) is -0.973. The fraction of sp³-hybridized carbons (Fsp3) is 0.526. The molecule has 1 aromatic rings. The number of rotatable bonds is 4. The van der Waals surface area contributed by atoms with Gasteiger partial charge in [-0.05, 0) is 37.5 Å². The highest BCUT2D eigenvalue weighted by Crippen LogP contribution is 2.26. The second-order valence-corrected chi connectivity index (χ2v) is 6.96. The molecule has 1 aliphatic heterocycles. The topological polar surface area (TPSA) is 86.7 Å². The van der Waals surface area contributed by atoms with Crippen molar-refractivity contribution in [3.8, 4) is 0 Å². The Balaban J connectivity index is 1.55. The van der Waals surface area contributed by atoms with E-state index in [0.717, 1.165) is 32.1 Å². The van der Waals surface area contributed by atoms with Crippen LogP contribution < -0.4 is 5.32 Å². The van der Waals surface area contributed by atoms with E-state index in [4.69, 9.17) is 5.11 Å². The van der Waals surface area contributed by atoms with Crippen molar-refractivity contribution in [2.75, 3.05) is 13.1 Å². The molecule has 0 bridgehead atoms. The first kappa shape index (κ1) is 17.5. The number of nitrogens with one attached hydrogen (secondary N) is 1. The Morgan fingerprint density at radius 1 is 1.04 bits per heavy atom. The van der Waals surface area contributed by atoms with Crippen LogP contribution in [0.1, 0.15) is 59.2 Å². The van der Waals surface area contributed by atoms with Crippen LogP contribution in [0.3, 0.4) is 0 Å². The van der Waals surface area contributed by atoms with Crippen LogP contribution in [-0.4, -0.2) is 46.9 Å². The Bertz CT molecular complexity index is 667. The van der Waals surface area contributed by atoms with Crippen molar-refractivity contribution in [3.05, 3.63) is 35.4 Å². The Labute approximate surface area is 147 Å². The number of likely N-dealkylation sites (tertiary alicyclic amines) is 1. The van der Waals surface area contributed by atoms with Crippen molar-refractivity contribution in [2.45, 2.75) is 44.6 Å². The molecule has 0 spiro atoms. The number of hydrogen-bond donors (Lipinski definition) is 2. The molecule has 134 valence electrons. The molecule has 0 unspecified atom stereocenters. The highest BCUT2D eigenvalue weighted by atomic mass is 16.4. The lowest BCUT2D eigenvalue weighted by molar-refractivity contribution is -0.135. The number of benzene rings is 1. The molecular weight excluding hydrogens is 320 g/mol. The van der Waals surface area contributed by atoms with Gasteiger partial charge in [0, 0.05) is 30.6 Å². The standard InChI is InChI=1S/C19H24N2O4/c22-17(14-7-4-8-15(11-14)19(24)25)20-16-9-10-21(12-16)18(23)13-5-2-1-3-6-13/h4,7-8,11,13,16H,1-3,5-6,9-10,12H2,(H,20,22)(H,24,25)/t16-/m0/s1. The first-order chi connectivity index (χ1) is 12.0. The van der Waals surface area contributed by atoms with E-state index in [1.54, 1.807) is 12.1 Å². The second kappa shape index (κ2) is 7.68. The molecule has 1 saturated heterocycles. The highest BCUT2D eigenvalue weighted by Gasteiger charge is 2.32. The summed E-state index contributed by atoms with van der Waals surface area (Å²) in [6.45, 7) is 1.22. The molecule has 2 amide bonds. The number of hydrogen-bond acceptors (Lipinski definition) is 3. The largest absolute Gasteiger partial charge is 0.478 e. The smallest absolute Gasteiger partial charge is 0.335 e. The van der Waals surface area contributed by atoms with E-state index >= 15 is 0 Å². The second-order valence-electron chi connectivity index (χ2n) is 6.96. The molecule has 1 atom stereocenters. The molecule has 1 aliphatic carbocycles. The first-order valence-corrected chi connectivity index (χ1v) is 8.97. The van der Waals surface area contributed by atoms with Crippen LogP contribution in [0.5, 0.6) is 0 Å². The Kier molecular flexibility index (Phi) is 5.36. The minimum Gasteiger partial charge on any atom is -0.478 e. The van der Waals surface area contributed by atoms with Gasteiger partial charge >= 0.3 is 5.97 Å². The predicted molar refractivity (Wildman–Crippen MR) is 92.4 cm³/mol. The maximum atomic E-state index is 12.6. The summed E-state index contributed by atoms with van der Waals surface area (Å²) >= 11 is 0. The number of carbonyl (C=O) groups is 3. The summed E-state index contributed by atoms with van der Waals surface area (Å²) in [6.07, 6.45) is 6.18. The first-order valence-electron chi connectivity index (χ1n) is 8.97. The number of carboxylic acids is 1. The number of amides is 2. The molecule has 1 aromatic carbocycles. The Morgan fingerprint density at radius 3 is 2.48 bits per heavy atom. The van der Waals surface area contributed by atoms with Gasteiger partial charge in [-0.3, -0.25) is 9.59 Å². The van der Waals surface area contributed by atoms with Gasteiger partial charge < -0.3 is 15.3 Å². The monoisotopic (exact) mass is 344 g/mol. The summed E-state index contributed by atoms with van der Waals surface area (Å²) in [6, 6.07) is 5.92. The average Bonchev–Trinajstić information content (AvgIpc) is 3.10. The van der Waals surface area contributed by atoms with Crippen LogP contribution in [0.25, 0.3) is 0 Å². The maximum absolute atomic E-state index is 12.6. The molecule has 6 nitrogen and oxygen atoms in total. The third kappa shape index (κ3) is 4.18. The summed E-state index contributed by atoms with van der Waals surface area (Å²) in [4.78, 5) is 37.8. The van der Waals surface area contributed by atoms with E-state index < -0.39 is 5.97 Å². The summed E-state index contributed by atoms with van der Waals surface area (Å²) in [7, 11) is 0. The maximum Gasteiger partial charge on any atom is 0.335 e. The zero-order chi connectivity index (χ0) is 17.8. The van der Waals surface area contributed by atoms with E-state index in [1.165, 1.54) is 18.6 Å². The Morgan fingerprint density at radius 2 is 1.76 bits per heavy atom.